The number of nitrogens with one attached hydrogen (secondary N) is 4. The van der Waals surface area contributed by atoms with Gasteiger partial charge in [-0.1, -0.05) is 19.3 Å². The average molecular weight is 457 g/mol. The van der Waals surface area contributed by atoms with Crippen molar-refractivity contribution in [1.82, 2.24) is 21.3 Å². The molecule has 0 spiro atoms. The SMILES string of the molecule is CC(C)(C)OC(=O)NCCCCCCNC(=O)CCCC[C@@H]1SC[C@@H]2NC(=O)NC21C. The molecule has 0 saturated carbocycles. The van der Waals surface area contributed by atoms with Crippen molar-refractivity contribution in [3.05, 3.63) is 0 Å². The molecule has 2 saturated heterocycles. The second kappa shape index (κ2) is 11.8. The fraction of sp³-hybridized carbons (Fsp3) is 0.864. The van der Waals surface area contributed by atoms with Crippen molar-refractivity contribution in [3.63, 3.8) is 0 Å². The van der Waals surface area contributed by atoms with Gasteiger partial charge in [-0.15, -0.1) is 0 Å². The first kappa shape index (κ1) is 25.6. The molecule has 4 amide bonds. The van der Waals surface area contributed by atoms with Crippen LogP contribution in [-0.2, 0) is 9.53 Å². The van der Waals surface area contributed by atoms with Gasteiger partial charge in [0.05, 0.1) is 11.6 Å². The fourth-order valence-corrected chi connectivity index (χ4v) is 5.76. The number of hydrogen-bond donors (Lipinski definition) is 4. The molecular formula is C22H40N4O4S. The summed E-state index contributed by atoms with van der Waals surface area (Å²) in [5.74, 6) is 1.07. The van der Waals surface area contributed by atoms with Crippen molar-refractivity contribution < 1.29 is 19.1 Å². The van der Waals surface area contributed by atoms with Gasteiger partial charge in [-0.2, -0.15) is 11.8 Å². The summed E-state index contributed by atoms with van der Waals surface area (Å²) in [7, 11) is 0. The molecule has 0 aliphatic carbocycles. The van der Waals surface area contributed by atoms with Gasteiger partial charge in [0.2, 0.25) is 5.91 Å². The van der Waals surface area contributed by atoms with E-state index >= 15 is 0 Å². The van der Waals surface area contributed by atoms with Crippen molar-refractivity contribution in [2.45, 2.75) is 101 Å². The van der Waals surface area contributed by atoms with E-state index in [1.54, 1.807) is 0 Å². The van der Waals surface area contributed by atoms with Crippen molar-refractivity contribution in [3.8, 4) is 0 Å². The molecule has 8 nitrogen and oxygen atoms in total. The van der Waals surface area contributed by atoms with E-state index < -0.39 is 5.60 Å². The van der Waals surface area contributed by atoms with Gasteiger partial charge in [0.15, 0.2) is 0 Å². The smallest absolute Gasteiger partial charge is 0.407 e. The second-order valence-electron chi connectivity index (χ2n) is 9.69. The Balaban J connectivity index is 1.41. The Morgan fingerprint density at radius 1 is 1.10 bits per heavy atom. The predicted molar refractivity (Wildman–Crippen MR) is 124 cm³/mol. The molecule has 0 aromatic rings. The quantitative estimate of drug-likeness (QED) is 0.266. The van der Waals surface area contributed by atoms with Crippen molar-refractivity contribution in [1.29, 1.82) is 0 Å². The number of hydrogen-bond acceptors (Lipinski definition) is 5. The highest BCUT2D eigenvalue weighted by atomic mass is 32.2. The summed E-state index contributed by atoms with van der Waals surface area (Å²) >= 11 is 1.91. The van der Waals surface area contributed by atoms with Crippen LogP contribution in [0.1, 0.15) is 79.1 Å². The Morgan fingerprint density at radius 2 is 1.77 bits per heavy atom. The van der Waals surface area contributed by atoms with E-state index in [-0.39, 0.29) is 29.6 Å². The molecule has 4 N–H and O–H groups in total. The Kier molecular flexibility index (Phi) is 9.78. The number of rotatable bonds is 12. The zero-order chi connectivity index (χ0) is 22.9. The monoisotopic (exact) mass is 456 g/mol. The molecule has 2 aliphatic heterocycles. The topological polar surface area (TPSA) is 109 Å². The third-order valence-corrected chi connectivity index (χ3v) is 7.41. The zero-order valence-corrected chi connectivity index (χ0v) is 20.3. The largest absolute Gasteiger partial charge is 0.444 e. The number of amides is 4. The normalized spacial score (nSPS) is 24.8. The highest BCUT2D eigenvalue weighted by Crippen LogP contribution is 2.40. The van der Waals surface area contributed by atoms with Gasteiger partial charge >= 0.3 is 12.1 Å². The summed E-state index contributed by atoms with van der Waals surface area (Å²) in [6.45, 7) is 8.98. The van der Waals surface area contributed by atoms with Gasteiger partial charge in [0, 0.05) is 30.5 Å². The number of ether oxygens (including phenoxy) is 1. The van der Waals surface area contributed by atoms with Crippen LogP contribution < -0.4 is 21.3 Å². The molecule has 2 heterocycles. The van der Waals surface area contributed by atoms with E-state index in [2.05, 4.69) is 28.2 Å². The molecule has 0 aromatic carbocycles. The Bertz CT molecular complexity index is 625. The van der Waals surface area contributed by atoms with Gasteiger partial charge in [0.25, 0.3) is 0 Å². The maximum absolute atomic E-state index is 12.0. The van der Waals surface area contributed by atoms with Gasteiger partial charge in [-0.3, -0.25) is 4.79 Å². The van der Waals surface area contributed by atoms with Gasteiger partial charge < -0.3 is 26.0 Å². The first-order valence-corrected chi connectivity index (χ1v) is 12.6. The van der Waals surface area contributed by atoms with Crippen molar-refractivity contribution in [2.24, 2.45) is 0 Å². The van der Waals surface area contributed by atoms with Crippen LogP contribution in [0.3, 0.4) is 0 Å². The summed E-state index contributed by atoms with van der Waals surface area (Å²) in [6, 6.07) is 0.155. The van der Waals surface area contributed by atoms with E-state index in [0.717, 1.165) is 50.7 Å². The number of thioether (sulfide) groups is 1. The first-order valence-electron chi connectivity index (χ1n) is 11.5. The molecule has 0 radical (unpaired) electrons. The summed E-state index contributed by atoms with van der Waals surface area (Å²) in [5, 5.41) is 12.2. The van der Waals surface area contributed by atoms with Crippen LogP contribution in [-0.4, -0.2) is 59.3 Å². The maximum Gasteiger partial charge on any atom is 0.407 e. The summed E-state index contributed by atoms with van der Waals surface area (Å²) in [5.41, 5.74) is -0.628. The lowest BCUT2D eigenvalue weighted by molar-refractivity contribution is -0.121. The molecule has 3 atom stereocenters. The molecule has 0 bridgehead atoms. The molecule has 2 fully saturated rings. The highest BCUT2D eigenvalue weighted by Gasteiger charge is 2.52. The van der Waals surface area contributed by atoms with Crippen LogP contribution in [0, 0.1) is 0 Å². The molecule has 2 aliphatic rings. The van der Waals surface area contributed by atoms with E-state index in [1.807, 2.05) is 32.5 Å². The minimum absolute atomic E-state index is 0.0588. The van der Waals surface area contributed by atoms with E-state index in [0.29, 0.717) is 24.8 Å². The minimum Gasteiger partial charge on any atom is -0.444 e. The van der Waals surface area contributed by atoms with Gasteiger partial charge in [-0.05, 0) is 53.4 Å². The number of fused-ring (bicyclic) bond motifs is 1. The average Bonchev–Trinajstić information content (AvgIpc) is 3.11. The van der Waals surface area contributed by atoms with Crippen LogP contribution in [0.15, 0.2) is 0 Å². The van der Waals surface area contributed by atoms with Crippen molar-refractivity contribution in [2.75, 3.05) is 18.8 Å². The number of carbonyl (C=O) groups excluding carboxylic acids is 3. The molecule has 2 rings (SSSR count). The zero-order valence-electron chi connectivity index (χ0n) is 19.5. The number of urea groups is 1. The highest BCUT2D eigenvalue weighted by molar-refractivity contribution is 8.00. The van der Waals surface area contributed by atoms with Crippen LogP contribution >= 0.6 is 11.8 Å². The van der Waals surface area contributed by atoms with Crippen LogP contribution in [0.25, 0.3) is 0 Å². The third-order valence-electron chi connectivity index (χ3n) is 5.76. The molecule has 9 heteroatoms. The fourth-order valence-electron chi connectivity index (χ4n) is 4.00. The molecule has 1 unspecified atom stereocenters. The first-order chi connectivity index (χ1) is 14.6. The van der Waals surface area contributed by atoms with Crippen molar-refractivity contribution >= 4 is 29.8 Å². The second-order valence-corrected chi connectivity index (χ2v) is 10.9. The lowest BCUT2D eigenvalue weighted by Gasteiger charge is -2.29. The molecular weight excluding hydrogens is 416 g/mol. The summed E-state index contributed by atoms with van der Waals surface area (Å²) in [6.07, 6.45) is 6.96. The Labute approximate surface area is 190 Å². The van der Waals surface area contributed by atoms with Crippen LogP contribution in [0.4, 0.5) is 9.59 Å². The van der Waals surface area contributed by atoms with Gasteiger partial charge in [0.1, 0.15) is 5.60 Å². The summed E-state index contributed by atoms with van der Waals surface area (Å²) < 4.78 is 5.19. The Morgan fingerprint density at radius 3 is 2.45 bits per heavy atom. The number of carbonyl (C=O) groups is 3. The Hall–Kier alpha value is -1.64. The number of unbranched alkanes of at least 4 members (excludes halogenated alkanes) is 4. The lowest BCUT2D eigenvalue weighted by atomic mass is 9.88. The third kappa shape index (κ3) is 8.79. The van der Waals surface area contributed by atoms with Crippen LogP contribution in [0.5, 0.6) is 0 Å². The van der Waals surface area contributed by atoms with E-state index in [1.165, 1.54) is 0 Å². The molecule has 178 valence electrons. The summed E-state index contributed by atoms with van der Waals surface area (Å²) in [4.78, 5) is 35.1. The maximum atomic E-state index is 12.0. The van der Waals surface area contributed by atoms with Gasteiger partial charge in [-0.25, -0.2) is 9.59 Å². The lowest BCUT2D eigenvalue weighted by Crippen LogP contribution is -2.50. The van der Waals surface area contributed by atoms with E-state index in [9.17, 15) is 14.4 Å². The predicted octanol–water partition coefficient (Wildman–Crippen LogP) is 3.30. The minimum atomic E-state index is -0.468. The molecule has 0 aromatic heterocycles. The van der Waals surface area contributed by atoms with E-state index in [4.69, 9.17) is 4.74 Å². The number of alkyl carbamates (subject to hydrolysis) is 1. The molecule has 31 heavy (non-hydrogen) atoms. The standard InChI is InChI=1S/C22H40N4O4S/c1-21(2,3)30-20(29)24-14-10-6-5-9-13-23-18(27)12-8-7-11-17-22(4)16(15-31-17)25-19(28)26-22/h16-17H,5-15H2,1-4H3,(H,23,27)(H,24,29)(H2,25,26,28)/t16-,17-,22?/m0/s1. The van der Waals surface area contributed by atoms with Crippen LogP contribution in [0.2, 0.25) is 0 Å².